The van der Waals surface area contributed by atoms with Crippen LogP contribution in [0.3, 0.4) is 0 Å². The number of hydrogen-bond donors (Lipinski definition) is 1. The monoisotopic (exact) mass is 229 g/mol. The second kappa shape index (κ2) is 6.55. The minimum atomic E-state index is 0.502. The van der Waals surface area contributed by atoms with E-state index >= 15 is 0 Å². The Labute approximate surface area is 99.9 Å². The van der Waals surface area contributed by atoms with Crippen LogP contribution < -0.4 is 5.32 Å². The summed E-state index contributed by atoms with van der Waals surface area (Å²) in [6, 6.07) is 1.18. The molecule has 3 unspecified atom stereocenters. The van der Waals surface area contributed by atoms with Crippen molar-refractivity contribution in [2.24, 2.45) is 5.92 Å². The first-order valence-electron chi connectivity index (χ1n) is 6.14. The fourth-order valence-corrected chi connectivity index (χ4v) is 2.68. The zero-order chi connectivity index (χ0) is 12.1. The van der Waals surface area contributed by atoms with Gasteiger partial charge in [-0.05, 0) is 27.1 Å². The standard InChI is InChI=1S/C12H27N3O/c1-10-7-15(8-12(10)14(3)4)11(6-13-2)9-16-5/h10-13H,6-9H2,1-5H3. The zero-order valence-electron chi connectivity index (χ0n) is 11.4. The molecule has 0 saturated carbocycles. The largest absolute Gasteiger partial charge is 0.383 e. The first kappa shape index (κ1) is 13.9. The quantitative estimate of drug-likeness (QED) is 0.699. The van der Waals surface area contributed by atoms with Crippen molar-refractivity contribution < 1.29 is 4.74 Å². The molecule has 0 bridgehead atoms. The van der Waals surface area contributed by atoms with E-state index in [0.29, 0.717) is 12.1 Å². The highest BCUT2D eigenvalue weighted by Crippen LogP contribution is 2.21. The Morgan fingerprint density at radius 3 is 2.56 bits per heavy atom. The predicted molar refractivity (Wildman–Crippen MR) is 67.8 cm³/mol. The lowest BCUT2D eigenvalue weighted by atomic mass is 10.1. The van der Waals surface area contributed by atoms with Gasteiger partial charge in [0.05, 0.1) is 6.61 Å². The van der Waals surface area contributed by atoms with Crippen LogP contribution in [0.1, 0.15) is 6.92 Å². The topological polar surface area (TPSA) is 27.7 Å². The summed E-state index contributed by atoms with van der Waals surface area (Å²) in [6.07, 6.45) is 0. The molecule has 3 atom stereocenters. The van der Waals surface area contributed by atoms with Gasteiger partial charge in [0.2, 0.25) is 0 Å². The number of rotatable bonds is 6. The average molecular weight is 229 g/mol. The summed E-state index contributed by atoms with van der Waals surface area (Å²) in [7, 11) is 8.14. The van der Waals surface area contributed by atoms with Crippen LogP contribution in [0.25, 0.3) is 0 Å². The molecular formula is C12H27N3O. The van der Waals surface area contributed by atoms with E-state index in [2.05, 4.69) is 36.1 Å². The van der Waals surface area contributed by atoms with Crippen molar-refractivity contribution in [1.82, 2.24) is 15.1 Å². The molecule has 0 aromatic carbocycles. The van der Waals surface area contributed by atoms with Crippen molar-refractivity contribution in [3.63, 3.8) is 0 Å². The third-order valence-electron chi connectivity index (χ3n) is 3.58. The lowest BCUT2D eigenvalue weighted by Crippen LogP contribution is -2.44. The van der Waals surface area contributed by atoms with Gasteiger partial charge >= 0.3 is 0 Å². The number of ether oxygens (including phenoxy) is 1. The molecule has 4 heteroatoms. The van der Waals surface area contributed by atoms with Gasteiger partial charge in [0.25, 0.3) is 0 Å². The molecule has 0 amide bonds. The normalized spacial score (nSPS) is 28.9. The van der Waals surface area contributed by atoms with Crippen molar-refractivity contribution >= 4 is 0 Å². The maximum atomic E-state index is 5.30. The highest BCUT2D eigenvalue weighted by atomic mass is 16.5. The summed E-state index contributed by atoms with van der Waals surface area (Å²) in [6.45, 7) is 6.49. The Bertz CT molecular complexity index is 193. The van der Waals surface area contributed by atoms with Gasteiger partial charge in [-0.2, -0.15) is 0 Å². The fourth-order valence-electron chi connectivity index (χ4n) is 2.68. The van der Waals surface area contributed by atoms with Crippen LogP contribution in [-0.2, 0) is 4.74 Å². The Kier molecular flexibility index (Phi) is 5.69. The van der Waals surface area contributed by atoms with Crippen LogP contribution in [0.15, 0.2) is 0 Å². The van der Waals surface area contributed by atoms with Crippen LogP contribution in [-0.4, -0.2) is 76.4 Å². The van der Waals surface area contributed by atoms with E-state index in [1.165, 1.54) is 6.54 Å². The molecule has 4 nitrogen and oxygen atoms in total. The number of likely N-dealkylation sites (N-methyl/N-ethyl adjacent to an activating group) is 2. The summed E-state index contributed by atoms with van der Waals surface area (Å²) in [4.78, 5) is 4.89. The van der Waals surface area contributed by atoms with E-state index in [4.69, 9.17) is 4.74 Å². The van der Waals surface area contributed by atoms with E-state index in [1.807, 2.05) is 7.05 Å². The molecule has 0 aromatic heterocycles. The van der Waals surface area contributed by atoms with Crippen LogP contribution in [0.4, 0.5) is 0 Å². The molecule has 96 valence electrons. The van der Waals surface area contributed by atoms with Crippen molar-refractivity contribution in [2.45, 2.75) is 19.0 Å². The van der Waals surface area contributed by atoms with E-state index in [9.17, 15) is 0 Å². The van der Waals surface area contributed by atoms with Gasteiger partial charge in [-0.15, -0.1) is 0 Å². The van der Waals surface area contributed by atoms with Crippen molar-refractivity contribution in [3.05, 3.63) is 0 Å². The number of hydrogen-bond acceptors (Lipinski definition) is 4. The van der Waals surface area contributed by atoms with E-state index in [0.717, 1.165) is 25.6 Å². The Morgan fingerprint density at radius 1 is 1.44 bits per heavy atom. The summed E-state index contributed by atoms with van der Waals surface area (Å²) in [5.74, 6) is 0.742. The lowest BCUT2D eigenvalue weighted by molar-refractivity contribution is 0.100. The van der Waals surface area contributed by atoms with Crippen LogP contribution in [0.2, 0.25) is 0 Å². The van der Waals surface area contributed by atoms with E-state index in [1.54, 1.807) is 7.11 Å². The first-order chi connectivity index (χ1) is 7.60. The molecule has 1 fully saturated rings. The molecule has 1 N–H and O–H groups in total. The molecular weight excluding hydrogens is 202 g/mol. The van der Waals surface area contributed by atoms with Gasteiger partial charge in [0.1, 0.15) is 0 Å². The summed E-state index contributed by atoms with van der Waals surface area (Å²) >= 11 is 0. The Hall–Kier alpha value is -0.160. The summed E-state index contributed by atoms with van der Waals surface area (Å²) < 4.78 is 5.30. The molecule has 16 heavy (non-hydrogen) atoms. The SMILES string of the molecule is CNCC(COC)N1CC(C)C(N(C)C)C1. The van der Waals surface area contributed by atoms with Crippen molar-refractivity contribution in [3.8, 4) is 0 Å². The fraction of sp³-hybridized carbons (Fsp3) is 1.00. The number of likely N-dealkylation sites (tertiary alicyclic amines) is 1. The van der Waals surface area contributed by atoms with Gasteiger partial charge < -0.3 is 15.0 Å². The highest BCUT2D eigenvalue weighted by molar-refractivity contribution is 4.90. The number of nitrogens with one attached hydrogen (secondary N) is 1. The third-order valence-corrected chi connectivity index (χ3v) is 3.58. The number of nitrogens with zero attached hydrogens (tertiary/aromatic N) is 2. The molecule has 1 aliphatic rings. The van der Waals surface area contributed by atoms with Crippen molar-refractivity contribution in [1.29, 1.82) is 0 Å². The molecule has 1 saturated heterocycles. The maximum Gasteiger partial charge on any atom is 0.0630 e. The molecule has 0 spiro atoms. The van der Waals surface area contributed by atoms with E-state index < -0.39 is 0 Å². The average Bonchev–Trinajstić information content (AvgIpc) is 2.60. The molecule has 0 aromatic rings. The van der Waals surface area contributed by atoms with Crippen LogP contribution in [0.5, 0.6) is 0 Å². The minimum Gasteiger partial charge on any atom is -0.383 e. The van der Waals surface area contributed by atoms with Crippen LogP contribution in [0, 0.1) is 5.92 Å². The zero-order valence-corrected chi connectivity index (χ0v) is 11.4. The lowest BCUT2D eigenvalue weighted by Gasteiger charge is -2.28. The van der Waals surface area contributed by atoms with Gasteiger partial charge in [0.15, 0.2) is 0 Å². The molecule has 1 aliphatic heterocycles. The van der Waals surface area contributed by atoms with Crippen molar-refractivity contribution in [2.75, 3.05) is 54.5 Å². The highest BCUT2D eigenvalue weighted by Gasteiger charge is 2.34. The Balaban J connectivity index is 2.53. The smallest absolute Gasteiger partial charge is 0.0630 e. The summed E-state index contributed by atoms with van der Waals surface area (Å²) in [5, 5.41) is 3.25. The van der Waals surface area contributed by atoms with Gasteiger partial charge in [-0.3, -0.25) is 4.90 Å². The number of methoxy groups -OCH3 is 1. The minimum absolute atomic E-state index is 0.502. The summed E-state index contributed by atoms with van der Waals surface area (Å²) in [5.41, 5.74) is 0. The van der Waals surface area contributed by atoms with Crippen LogP contribution >= 0.6 is 0 Å². The second-order valence-corrected chi connectivity index (χ2v) is 5.13. The maximum absolute atomic E-state index is 5.30. The van der Waals surface area contributed by atoms with Gasteiger partial charge in [-0.1, -0.05) is 6.92 Å². The van der Waals surface area contributed by atoms with Gasteiger partial charge in [0, 0.05) is 38.8 Å². The molecule has 1 heterocycles. The molecule has 0 aliphatic carbocycles. The predicted octanol–water partition coefficient (Wildman–Crippen LogP) is 0.103. The Morgan fingerprint density at radius 2 is 2.12 bits per heavy atom. The molecule has 1 rings (SSSR count). The second-order valence-electron chi connectivity index (χ2n) is 5.13. The third kappa shape index (κ3) is 3.42. The van der Waals surface area contributed by atoms with Gasteiger partial charge in [-0.25, -0.2) is 0 Å². The first-order valence-corrected chi connectivity index (χ1v) is 6.14. The molecule has 0 radical (unpaired) electrons. The van der Waals surface area contributed by atoms with E-state index in [-0.39, 0.29) is 0 Å².